The van der Waals surface area contributed by atoms with Crippen molar-refractivity contribution >= 4 is 22.4 Å². The third-order valence-corrected chi connectivity index (χ3v) is 3.36. The monoisotopic (exact) mass is 275 g/mol. The van der Waals surface area contributed by atoms with E-state index in [1.165, 1.54) is 0 Å². The number of ketones is 1. The van der Waals surface area contributed by atoms with Crippen LogP contribution < -0.4 is 5.32 Å². The molecule has 0 aliphatic rings. The molecule has 0 unspecified atom stereocenters. The first kappa shape index (κ1) is 12.9. The van der Waals surface area contributed by atoms with E-state index in [1.54, 1.807) is 30.5 Å². The first-order valence-electron chi connectivity index (χ1n) is 6.61. The molecule has 0 amide bonds. The van der Waals surface area contributed by atoms with Gasteiger partial charge >= 0.3 is 0 Å². The van der Waals surface area contributed by atoms with E-state index in [0.29, 0.717) is 11.1 Å². The van der Waals surface area contributed by atoms with Crippen LogP contribution >= 0.6 is 0 Å². The Morgan fingerprint density at radius 3 is 2.67 bits per heavy atom. The van der Waals surface area contributed by atoms with E-state index in [9.17, 15) is 4.79 Å². The van der Waals surface area contributed by atoms with E-state index < -0.39 is 0 Å². The molecule has 0 atom stereocenters. The van der Waals surface area contributed by atoms with Crippen LogP contribution in [0.25, 0.3) is 10.9 Å². The van der Waals surface area contributed by atoms with E-state index in [2.05, 4.69) is 16.4 Å². The lowest BCUT2D eigenvalue weighted by molar-refractivity contribution is 0.101. The fraction of sp³-hybridized carbons (Fsp3) is 0.0588. The van der Waals surface area contributed by atoms with Gasteiger partial charge in [-0.3, -0.25) is 4.79 Å². The van der Waals surface area contributed by atoms with Crippen LogP contribution in [0, 0.1) is 11.3 Å². The maximum Gasteiger partial charge on any atom is 0.183 e. The number of carbonyl (C=O) groups excluding carboxylic acids is 1. The lowest BCUT2D eigenvalue weighted by Crippen LogP contribution is -2.13. The Labute approximate surface area is 122 Å². The summed E-state index contributed by atoms with van der Waals surface area (Å²) in [4.78, 5) is 15.4. The number of fused-ring (bicyclic) bond motifs is 1. The SMILES string of the molecule is N#Cc1ccc(NCC(=O)c2c[nH]c3ccccc23)cc1. The number of carbonyl (C=O) groups is 1. The number of nitriles is 1. The van der Waals surface area contributed by atoms with Crippen LogP contribution in [0.2, 0.25) is 0 Å². The highest BCUT2D eigenvalue weighted by Gasteiger charge is 2.11. The van der Waals surface area contributed by atoms with E-state index in [4.69, 9.17) is 5.26 Å². The molecule has 2 N–H and O–H groups in total. The van der Waals surface area contributed by atoms with Crippen molar-refractivity contribution in [2.75, 3.05) is 11.9 Å². The van der Waals surface area contributed by atoms with E-state index in [-0.39, 0.29) is 12.3 Å². The average molecular weight is 275 g/mol. The summed E-state index contributed by atoms with van der Waals surface area (Å²) in [6.45, 7) is 0.216. The van der Waals surface area contributed by atoms with Gasteiger partial charge in [-0.15, -0.1) is 0 Å². The zero-order valence-corrected chi connectivity index (χ0v) is 11.3. The largest absolute Gasteiger partial charge is 0.378 e. The minimum Gasteiger partial charge on any atom is -0.378 e. The fourth-order valence-corrected chi connectivity index (χ4v) is 2.24. The van der Waals surface area contributed by atoms with Gasteiger partial charge in [-0.1, -0.05) is 18.2 Å². The van der Waals surface area contributed by atoms with Crippen molar-refractivity contribution in [2.45, 2.75) is 0 Å². The molecular formula is C17H13N3O. The smallest absolute Gasteiger partial charge is 0.183 e. The number of nitrogens with one attached hydrogen (secondary N) is 2. The molecule has 3 rings (SSSR count). The van der Waals surface area contributed by atoms with E-state index in [1.807, 2.05) is 24.3 Å². The fourth-order valence-electron chi connectivity index (χ4n) is 2.24. The van der Waals surface area contributed by atoms with Gasteiger partial charge in [-0.05, 0) is 30.3 Å². The van der Waals surface area contributed by atoms with Gasteiger partial charge in [-0.25, -0.2) is 0 Å². The van der Waals surface area contributed by atoms with Crippen molar-refractivity contribution in [3.8, 4) is 6.07 Å². The molecule has 0 bridgehead atoms. The third kappa shape index (κ3) is 2.63. The Balaban J connectivity index is 1.73. The van der Waals surface area contributed by atoms with Gasteiger partial charge in [0, 0.05) is 28.4 Å². The molecule has 0 spiro atoms. The number of rotatable bonds is 4. The molecule has 0 aliphatic heterocycles. The second-order valence-electron chi connectivity index (χ2n) is 4.71. The molecule has 102 valence electrons. The number of anilines is 1. The molecule has 4 nitrogen and oxygen atoms in total. The van der Waals surface area contributed by atoms with Crippen LogP contribution in [-0.4, -0.2) is 17.3 Å². The minimum atomic E-state index is 0.0248. The third-order valence-electron chi connectivity index (χ3n) is 3.36. The highest BCUT2D eigenvalue weighted by Crippen LogP contribution is 2.18. The van der Waals surface area contributed by atoms with Gasteiger partial charge in [0.1, 0.15) is 0 Å². The molecule has 2 aromatic carbocycles. The average Bonchev–Trinajstić information content (AvgIpc) is 2.97. The van der Waals surface area contributed by atoms with Crippen LogP contribution in [0.4, 0.5) is 5.69 Å². The van der Waals surface area contributed by atoms with Crippen molar-refractivity contribution in [2.24, 2.45) is 0 Å². The number of hydrogen-bond acceptors (Lipinski definition) is 3. The molecule has 0 saturated heterocycles. The highest BCUT2D eigenvalue weighted by molar-refractivity contribution is 6.09. The second kappa shape index (κ2) is 5.51. The summed E-state index contributed by atoms with van der Waals surface area (Å²) in [6, 6.07) is 16.8. The first-order valence-corrected chi connectivity index (χ1v) is 6.61. The van der Waals surface area contributed by atoms with Crippen molar-refractivity contribution in [1.29, 1.82) is 5.26 Å². The van der Waals surface area contributed by atoms with Crippen LogP contribution in [0.15, 0.2) is 54.7 Å². The standard InChI is InChI=1S/C17H13N3O/c18-9-12-5-7-13(8-6-12)19-11-17(21)15-10-20-16-4-2-1-3-14(15)16/h1-8,10,19-20H,11H2. The molecule has 0 aliphatic carbocycles. The molecule has 21 heavy (non-hydrogen) atoms. The van der Waals surface area contributed by atoms with Crippen LogP contribution in [0.5, 0.6) is 0 Å². The van der Waals surface area contributed by atoms with Gasteiger partial charge in [0.2, 0.25) is 0 Å². The summed E-state index contributed by atoms with van der Waals surface area (Å²) in [5.74, 6) is 0.0248. The second-order valence-corrected chi connectivity index (χ2v) is 4.71. The summed E-state index contributed by atoms with van der Waals surface area (Å²) in [7, 11) is 0. The highest BCUT2D eigenvalue weighted by atomic mass is 16.1. The Bertz CT molecular complexity index is 825. The van der Waals surface area contributed by atoms with Crippen LogP contribution in [0.3, 0.4) is 0 Å². The van der Waals surface area contributed by atoms with Gasteiger partial charge in [0.15, 0.2) is 5.78 Å². The van der Waals surface area contributed by atoms with Crippen LogP contribution in [0.1, 0.15) is 15.9 Å². The number of hydrogen-bond donors (Lipinski definition) is 2. The van der Waals surface area contributed by atoms with Gasteiger partial charge < -0.3 is 10.3 Å². The summed E-state index contributed by atoms with van der Waals surface area (Å²) in [5.41, 5.74) is 3.07. The molecule has 1 heterocycles. The molecule has 0 saturated carbocycles. The van der Waals surface area contributed by atoms with Crippen molar-refractivity contribution in [3.05, 3.63) is 65.9 Å². The Morgan fingerprint density at radius 1 is 1.14 bits per heavy atom. The molecular weight excluding hydrogens is 262 g/mol. The van der Waals surface area contributed by atoms with E-state index >= 15 is 0 Å². The lowest BCUT2D eigenvalue weighted by atomic mass is 10.1. The maximum atomic E-state index is 12.3. The molecule has 0 fully saturated rings. The van der Waals surface area contributed by atoms with Gasteiger partial charge in [0.25, 0.3) is 0 Å². The number of aromatic amines is 1. The minimum absolute atomic E-state index is 0.0248. The van der Waals surface area contributed by atoms with Crippen molar-refractivity contribution in [1.82, 2.24) is 4.98 Å². The van der Waals surface area contributed by atoms with Crippen LogP contribution in [-0.2, 0) is 0 Å². The molecule has 0 radical (unpaired) electrons. The quantitative estimate of drug-likeness (QED) is 0.717. The van der Waals surface area contributed by atoms with E-state index in [0.717, 1.165) is 16.6 Å². The summed E-state index contributed by atoms with van der Waals surface area (Å²) >= 11 is 0. The zero-order valence-electron chi connectivity index (χ0n) is 11.3. The Morgan fingerprint density at radius 2 is 1.90 bits per heavy atom. The van der Waals surface area contributed by atoms with Gasteiger partial charge in [0.05, 0.1) is 18.2 Å². The molecule has 1 aromatic heterocycles. The predicted molar refractivity (Wildman–Crippen MR) is 82.3 cm³/mol. The Kier molecular flexibility index (Phi) is 3.40. The molecule has 3 aromatic rings. The predicted octanol–water partition coefficient (Wildman–Crippen LogP) is 3.33. The number of Topliss-reactive ketones (excluding diaryl/α,β-unsaturated/α-hetero) is 1. The zero-order chi connectivity index (χ0) is 14.7. The molecule has 4 heteroatoms. The lowest BCUT2D eigenvalue weighted by Gasteiger charge is -2.05. The Hall–Kier alpha value is -3.06. The maximum absolute atomic E-state index is 12.3. The summed E-state index contributed by atoms with van der Waals surface area (Å²) < 4.78 is 0. The summed E-state index contributed by atoms with van der Waals surface area (Å²) in [6.07, 6.45) is 1.74. The van der Waals surface area contributed by atoms with Crippen molar-refractivity contribution < 1.29 is 4.79 Å². The van der Waals surface area contributed by atoms with Crippen molar-refractivity contribution in [3.63, 3.8) is 0 Å². The number of benzene rings is 2. The number of para-hydroxylation sites is 1. The summed E-state index contributed by atoms with van der Waals surface area (Å²) in [5, 5.41) is 12.8. The first-order chi connectivity index (χ1) is 10.3. The van der Waals surface area contributed by atoms with Gasteiger partial charge in [-0.2, -0.15) is 5.26 Å². The number of nitrogens with zero attached hydrogens (tertiary/aromatic N) is 1. The topological polar surface area (TPSA) is 68.7 Å². The number of aromatic nitrogens is 1. The normalized spacial score (nSPS) is 10.2. The number of H-pyrrole nitrogens is 1.